The smallest absolute Gasteiger partial charge is 0.160 e. The molecule has 2 rings (SSSR count). The standard InChI is InChI=1S/C10H7NOS/c12-7-10-9(3-5-13-10)8-2-1-4-11-6-8/h1-7H. The van der Waals surface area contributed by atoms with E-state index in [0.29, 0.717) is 0 Å². The van der Waals surface area contributed by atoms with Gasteiger partial charge in [-0.2, -0.15) is 0 Å². The van der Waals surface area contributed by atoms with E-state index < -0.39 is 0 Å². The molecule has 0 aliphatic rings. The molecular weight excluding hydrogens is 182 g/mol. The van der Waals surface area contributed by atoms with Crippen molar-refractivity contribution in [1.82, 2.24) is 4.98 Å². The number of carbonyl (C=O) groups is 1. The van der Waals surface area contributed by atoms with E-state index >= 15 is 0 Å². The fourth-order valence-electron chi connectivity index (χ4n) is 1.17. The van der Waals surface area contributed by atoms with Gasteiger partial charge < -0.3 is 0 Å². The van der Waals surface area contributed by atoms with Crippen molar-refractivity contribution in [2.75, 3.05) is 0 Å². The third-order valence-electron chi connectivity index (χ3n) is 1.77. The van der Waals surface area contributed by atoms with Gasteiger partial charge in [0.1, 0.15) is 0 Å². The Bertz CT molecular complexity index is 408. The van der Waals surface area contributed by atoms with E-state index in [2.05, 4.69) is 4.98 Å². The summed E-state index contributed by atoms with van der Waals surface area (Å²) in [6.45, 7) is 0. The Kier molecular flexibility index (Phi) is 2.19. The van der Waals surface area contributed by atoms with Gasteiger partial charge in [-0.3, -0.25) is 9.78 Å². The Labute approximate surface area is 79.9 Å². The molecule has 2 aromatic heterocycles. The van der Waals surface area contributed by atoms with Gasteiger partial charge in [-0.25, -0.2) is 0 Å². The first-order valence-electron chi connectivity index (χ1n) is 3.85. The molecule has 13 heavy (non-hydrogen) atoms. The van der Waals surface area contributed by atoms with E-state index in [4.69, 9.17) is 0 Å². The molecule has 2 nitrogen and oxygen atoms in total. The molecule has 0 atom stereocenters. The molecule has 64 valence electrons. The minimum atomic E-state index is 0.757. The average molecular weight is 189 g/mol. The maximum absolute atomic E-state index is 10.7. The van der Waals surface area contributed by atoms with Crippen molar-refractivity contribution in [3.63, 3.8) is 0 Å². The summed E-state index contributed by atoms with van der Waals surface area (Å²) in [5.74, 6) is 0. The fraction of sp³-hybridized carbons (Fsp3) is 0. The Morgan fingerprint density at radius 2 is 2.31 bits per heavy atom. The summed E-state index contributed by atoms with van der Waals surface area (Å²) in [6.07, 6.45) is 4.36. The van der Waals surface area contributed by atoms with Crippen LogP contribution in [0.1, 0.15) is 9.67 Å². The molecule has 0 aliphatic carbocycles. The molecule has 0 fully saturated rings. The van der Waals surface area contributed by atoms with E-state index in [0.717, 1.165) is 22.3 Å². The van der Waals surface area contributed by atoms with Crippen molar-refractivity contribution < 1.29 is 4.79 Å². The molecule has 3 heteroatoms. The van der Waals surface area contributed by atoms with Gasteiger partial charge in [0.15, 0.2) is 6.29 Å². The number of hydrogen-bond donors (Lipinski definition) is 0. The quantitative estimate of drug-likeness (QED) is 0.680. The maximum Gasteiger partial charge on any atom is 0.160 e. The summed E-state index contributed by atoms with van der Waals surface area (Å²) in [5, 5.41) is 1.91. The monoisotopic (exact) mass is 189 g/mol. The number of aromatic nitrogens is 1. The van der Waals surface area contributed by atoms with E-state index in [1.54, 1.807) is 12.4 Å². The number of aldehydes is 1. The van der Waals surface area contributed by atoms with Crippen LogP contribution in [0.15, 0.2) is 36.0 Å². The number of rotatable bonds is 2. The minimum absolute atomic E-state index is 0.757. The molecule has 0 amide bonds. The van der Waals surface area contributed by atoms with E-state index in [1.165, 1.54) is 11.3 Å². The minimum Gasteiger partial charge on any atom is -0.297 e. The molecule has 0 aliphatic heterocycles. The van der Waals surface area contributed by atoms with Crippen LogP contribution in [0.5, 0.6) is 0 Å². The molecule has 0 spiro atoms. The largest absolute Gasteiger partial charge is 0.297 e. The lowest BCUT2D eigenvalue weighted by Gasteiger charge is -1.96. The second-order valence-corrected chi connectivity index (χ2v) is 3.51. The highest BCUT2D eigenvalue weighted by atomic mass is 32.1. The normalized spacial score (nSPS) is 9.85. The molecule has 0 N–H and O–H groups in total. The van der Waals surface area contributed by atoms with Gasteiger partial charge in [0.05, 0.1) is 4.88 Å². The van der Waals surface area contributed by atoms with Crippen molar-refractivity contribution in [2.24, 2.45) is 0 Å². The van der Waals surface area contributed by atoms with Crippen LogP contribution in [0.25, 0.3) is 11.1 Å². The SMILES string of the molecule is O=Cc1sccc1-c1cccnc1. The van der Waals surface area contributed by atoms with E-state index in [-0.39, 0.29) is 0 Å². The summed E-state index contributed by atoms with van der Waals surface area (Å²) >= 11 is 1.45. The summed E-state index contributed by atoms with van der Waals surface area (Å²) in [5.41, 5.74) is 1.96. The van der Waals surface area contributed by atoms with Gasteiger partial charge in [-0.05, 0) is 17.5 Å². The zero-order valence-electron chi connectivity index (χ0n) is 6.81. The topological polar surface area (TPSA) is 30.0 Å². The zero-order chi connectivity index (χ0) is 9.10. The van der Waals surface area contributed by atoms with Gasteiger partial charge in [-0.1, -0.05) is 6.07 Å². The van der Waals surface area contributed by atoms with Gasteiger partial charge in [0.2, 0.25) is 0 Å². The van der Waals surface area contributed by atoms with Crippen molar-refractivity contribution in [3.05, 3.63) is 40.8 Å². The lowest BCUT2D eigenvalue weighted by atomic mass is 10.1. The molecule has 0 unspecified atom stereocenters. The molecule has 0 saturated carbocycles. The molecule has 0 radical (unpaired) electrons. The number of thiophene rings is 1. The molecule has 0 aromatic carbocycles. The molecule has 2 heterocycles. The van der Waals surface area contributed by atoms with Gasteiger partial charge in [0.25, 0.3) is 0 Å². The second kappa shape index (κ2) is 3.49. The van der Waals surface area contributed by atoms with Crippen LogP contribution in [0.3, 0.4) is 0 Å². The van der Waals surface area contributed by atoms with Crippen molar-refractivity contribution in [2.45, 2.75) is 0 Å². The first-order chi connectivity index (χ1) is 6.42. The van der Waals surface area contributed by atoms with Crippen LogP contribution in [0, 0.1) is 0 Å². The number of pyridine rings is 1. The highest BCUT2D eigenvalue weighted by molar-refractivity contribution is 7.12. The molecule has 0 saturated heterocycles. The molecular formula is C10H7NOS. The van der Waals surface area contributed by atoms with Crippen LogP contribution < -0.4 is 0 Å². The molecule has 2 aromatic rings. The van der Waals surface area contributed by atoms with Crippen molar-refractivity contribution in [1.29, 1.82) is 0 Å². The fourth-order valence-corrected chi connectivity index (χ4v) is 1.89. The third-order valence-corrected chi connectivity index (χ3v) is 2.62. The third kappa shape index (κ3) is 1.51. The van der Waals surface area contributed by atoms with Crippen molar-refractivity contribution in [3.8, 4) is 11.1 Å². The van der Waals surface area contributed by atoms with Gasteiger partial charge in [-0.15, -0.1) is 11.3 Å². The number of nitrogens with zero attached hydrogens (tertiary/aromatic N) is 1. The maximum atomic E-state index is 10.7. The Hall–Kier alpha value is -1.48. The zero-order valence-corrected chi connectivity index (χ0v) is 7.62. The number of hydrogen-bond acceptors (Lipinski definition) is 3. The van der Waals surface area contributed by atoms with Crippen LogP contribution in [0.4, 0.5) is 0 Å². The first kappa shape index (κ1) is 8.13. The van der Waals surface area contributed by atoms with Gasteiger partial charge >= 0.3 is 0 Å². The second-order valence-electron chi connectivity index (χ2n) is 2.56. The Morgan fingerprint density at radius 1 is 1.38 bits per heavy atom. The summed E-state index contributed by atoms with van der Waals surface area (Å²) in [6, 6.07) is 5.75. The van der Waals surface area contributed by atoms with Crippen LogP contribution in [0.2, 0.25) is 0 Å². The van der Waals surface area contributed by atoms with Crippen LogP contribution in [-0.4, -0.2) is 11.3 Å². The van der Waals surface area contributed by atoms with E-state index in [1.807, 2.05) is 23.6 Å². The number of carbonyl (C=O) groups excluding carboxylic acids is 1. The lowest BCUT2D eigenvalue weighted by Crippen LogP contribution is -1.80. The highest BCUT2D eigenvalue weighted by Gasteiger charge is 2.04. The van der Waals surface area contributed by atoms with Gasteiger partial charge in [0, 0.05) is 23.5 Å². The Balaban J connectivity index is 2.52. The highest BCUT2D eigenvalue weighted by Crippen LogP contribution is 2.25. The first-order valence-corrected chi connectivity index (χ1v) is 4.73. The van der Waals surface area contributed by atoms with Crippen molar-refractivity contribution >= 4 is 17.6 Å². The summed E-state index contributed by atoms with van der Waals surface area (Å²) in [7, 11) is 0. The van der Waals surface area contributed by atoms with Crippen LogP contribution >= 0.6 is 11.3 Å². The predicted octanol–water partition coefficient (Wildman–Crippen LogP) is 2.62. The van der Waals surface area contributed by atoms with E-state index in [9.17, 15) is 4.79 Å². The lowest BCUT2D eigenvalue weighted by molar-refractivity contribution is 0.112. The summed E-state index contributed by atoms with van der Waals surface area (Å²) in [4.78, 5) is 15.4. The predicted molar refractivity (Wildman–Crippen MR) is 52.9 cm³/mol. The van der Waals surface area contributed by atoms with Crippen LogP contribution in [-0.2, 0) is 0 Å². The average Bonchev–Trinajstić information content (AvgIpc) is 2.67. The Morgan fingerprint density at radius 3 is 3.00 bits per heavy atom. The summed E-state index contributed by atoms with van der Waals surface area (Å²) < 4.78 is 0. The molecule has 0 bridgehead atoms.